The first-order valence-corrected chi connectivity index (χ1v) is 11.9. The van der Waals surface area contributed by atoms with Crippen molar-refractivity contribution in [3.05, 3.63) is 89.2 Å². The Bertz CT molecular complexity index is 1140. The molecule has 0 aliphatic heterocycles. The van der Waals surface area contributed by atoms with E-state index in [-0.39, 0.29) is 22.9 Å². The third-order valence-corrected chi connectivity index (χ3v) is 6.39. The highest BCUT2D eigenvalue weighted by Gasteiger charge is 2.26. The van der Waals surface area contributed by atoms with Crippen LogP contribution in [-0.2, 0) is 27.8 Å². The SMILES string of the molecule is CCOc1ccc(S(=O)(=O)N[C@H](Cc2ccccc2)C(=O)NCc2ccncc2)cc1Cl. The van der Waals surface area contributed by atoms with E-state index in [9.17, 15) is 13.2 Å². The molecule has 32 heavy (non-hydrogen) atoms. The second-order valence-corrected chi connectivity index (χ2v) is 9.08. The molecule has 2 aromatic carbocycles. The van der Waals surface area contributed by atoms with Crippen molar-refractivity contribution in [1.82, 2.24) is 15.0 Å². The van der Waals surface area contributed by atoms with E-state index in [4.69, 9.17) is 16.3 Å². The van der Waals surface area contributed by atoms with E-state index >= 15 is 0 Å². The highest BCUT2D eigenvalue weighted by atomic mass is 35.5. The van der Waals surface area contributed by atoms with Gasteiger partial charge in [-0.05, 0) is 54.8 Å². The normalized spacial score (nSPS) is 12.2. The van der Waals surface area contributed by atoms with E-state index in [1.807, 2.05) is 30.3 Å². The lowest BCUT2D eigenvalue weighted by Gasteiger charge is -2.19. The summed E-state index contributed by atoms with van der Waals surface area (Å²) in [7, 11) is -4.02. The average molecular weight is 474 g/mol. The maximum absolute atomic E-state index is 13.0. The molecular weight excluding hydrogens is 450 g/mol. The molecule has 7 nitrogen and oxygen atoms in total. The van der Waals surface area contributed by atoms with Crippen LogP contribution < -0.4 is 14.8 Å². The van der Waals surface area contributed by atoms with Crippen molar-refractivity contribution in [2.24, 2.45) is 0 Å². The molecule has 3 aromatic rings. The predicted molar refractivity (Wildman–Crippen MR) is 123 cm³/mol. The molecule has 0 aliphatic carbocycles. The molecule has 0 aliphatic rings. The number of nitrogens with one attached hydrogen (secondary N) is 2. The summed E-state index contributed by atoms with van der Waals surface area (Å²) in [6.07, 6.45) is 3.44. The number of pyridine rings is 1. The van der Waals surface area contributed by atoms with E-state index < -0.39 is 22.0 Å². The lowest BCUT2D eigenvalue weighted by molar-refractivity contribution is -0.122. The summed E-state index contributed by atoms with van der Waals surface area (Å²) in [5.74, 6) is -0.0460. The van der Waals surface area contributed by atoms with Gasteiger partial charge in [0.05, 0.1) is 16.5 Å². The molecular formula is C23H24ClN3O4S. The van der Waals surface area contributed by atoms with Gasteiger partial charge in [0, 0.05) is 18.9 Å². The second-order valence-electron chi connectivity index (χ2n) is 6.96. The van der Waals surface area contributed by atoms with E-state index in [0.717, 1.165) is 11.1 Å². The molecule has 3 rings (SSSR count). The van der Waals surface area contributed by atoms with Gasteiger partial charge in [-0.15, -0.1) is 0 Å². The lowest BCUT2D eigenvalue weighted by atomic mass is 10.1. The number of hydrogen-bond donors (Lipinski definition) is 2. The van der Waals surface area contributed by atoms with Crippen molar-refractivity contribution < 1.29 is 17.9 Å². The number of rotatable bonds is 10. The Morgan fingerprint density at radius 1 is 1.06 bits per heavy atom. The summed E-state index contributed by atoms with van der Waals surface area (Å²) < 4.78 is 34.0. The zero-order valence-electron chi connectivity index (χ0n) is 17.5. The first-order valence-electron chi connectivity index (χ1n) is 10.0. The van der Waals surface area contributed by atoms with Gasteiger partial charge in [-0.25, -0.2) is 8.42 Å². The van der Waals surface area contributed by atoms with Crippen molar-refractivity contribution in [1.29, 1.82) is 0 Å². The van der Waals surface area contributed by atoms with Crippen LogP contribution in [0.15, 0.2) is 78.0 Å². The van der Waals surface area contributed by atoms with Crippen LogP contribution in [0.3, 0.4) is 0 Å². The molecule has 0 bridgehead atoms. The Balaban J connectivity index is 1.80. The Hall–Kier alpha value is -2.94. The number of halogens is 1. The molecule has 2 N–H and O–H groups in total. The van der Waals surface area contributed by atoms with Gasteiger partial charge in [0.25, 0.3) is 0 Å². The number of benzene rings is 2. The van der Waals surface area contributed by atoms with Crippen LogP contribution >= 0.6 is 11.6 Å². The summed E-state index contributed by atoms with van der Waals surface area (Å²) in [6.45, 7) is 2.46. The van der Waals surface area contributed by atoms with Gasteiger partial charge in [0.2, 0.25) is 15.9 Å². The van der Waals surface area contributed by atoms with Gasteiger partial charge < -0.3 is 10.1 Å². The molecule has 1 heterocycles. The second kappa shape index (κ2) is 11.1. The van der Waals surface area contributed by atoms with Crippen LogP contribution in [0.25, 0.3) is 0 Å². The Morgan fingerprint density at radius 3 is 2.44 bits per heavy atom. The standard InChI is InChI=1S/C23H24ClN3O4S/c1-2-31-22-9-8-19(15-20(22)24)32(29,30)27-21(14-17-6-4-3-5-7-17)23(28)26-16-18-10-12-25-13-11-18/h3-13,15,21,27H,2,14,16H2,1H3,(H,26,28)/t21-/m1/s1. The third-order valence-electron chi connectivity index (χ3n) is 4.63. The molecule has 1 aromatic heterocycles. The molecule has 0 radical (unpaired) electrons. The van der Waals surface area contributed by atoms with Crippen LogP contribution in [0.1, 0.15) is 18.1 Å². The molecule has 0 saturated heterocycles. The summed E-state index contributed by atoms with van der Waals surface area (Å²) >= 11 is 6.16. The largest absolute Gasteiger partial charge is 0.492 e. The van der Waals surface area contributed by atoms with Crippen LogP contribution in [0.4, 0.5) is 0 Å². The number of amides is 1. The van der Waals surface area contributed by atoms with Gasteiger partial charge in [0.1, 0.15) is 11.8 Å². The number of carbonyl (C=O) groups excluding carboxylic acids is 1. The molecule has 0 fully saturated rings. The van der Waals surface area contributed by atoms with E-state index in [0.29, 0.717) is 12.4 Å². The molecule has 0 unspecified atom stereocenters. The summed E-state index contributed by atoms with van der Waals surface area (Å²) in [4.78, 5) is 16.8. The van der Waals surface area contributed by atoms with Crippen molar-refractivity contribution >= 4 is 27.5 Å². The number of carbonyl (C=O) groups is 1. The molecule has 1 atom stereocenters. The highest BCUT2D eigenvalue weighted by molar-refractivity contribution is 7.89. The Kier molecular flexibility index (Phi) is 8.21. The van der Waals surface area contributed by atoms with Gasteiger partial charge in [0.15, 0.2) is 0 Å². The maximum Gasteiger partial charge on any atom is 0.241 e. The van der Waals surface area contributed by atoms with E-state index in [1.54, 1.807) is 31.5 Å². The zero-order chi connectivity index (χ0) is 23.0. The van der Waals surface area contributed by atoms with Crippen LogP contribution in [0, 0.1) is 0 Å². The number of sulfonamides is 1. The minimum absolute atomic E-state index is 0.0500. The fourth-order valence-electron chi connectivity index (χ4n) is 3.03. The van der Waals surface area contributed by atoms with Crippen molar-refractivity contribution in [3.8, 4) is 5.75 Å². The molecule has 0 saturated carbocycles. The maximum atomic E-state index is 13.0. The van der Waals surface area contributed by atoms with E-state index in [2.05, 4.69) is 15.0 Å². The van der Waals surface area contributed by atoms with Crippen LogP contribution in [-0.4, -0.2) is 32.0 Å². The van der Waals surface area contributed by atoms with E-state index in [1.165, 1.54) is 18.2 Å². The minimum atomic E-state index is -4.02. The average Bonchev–Trinajstić information content (AvgIpc) is 2.79. The smallest absolute Gasteiger partial charge is 0.241 e. The number of hydrogen-bond acceptors (Lipinski definition) is 5. The molecule has 9 heteroatoms. The number of aromatic nitrogens is 1. The topological polar surface area (TPSA) is 97.4 Å². The Morgan fingerprint density at radius 2 is 1.78 bits per heavy atom. The first kappa shape index (κ1) is 23.7. The zero-order valence-corrected chi connectivity index (χ0v) is 19.1. The quantitative estimate of drug-likeness (QED) is 0.470. The fourth-order valence-corrected chi connectivity index (χ4v) is 4.55. The van der Waals surface area contributed by atoms with Crippen molar-refractivity contribution in [3.63, 3.8) is 0 Å². The number of ether oxygens (including phenoxy) is 1. The van der Waals surface area contributed by atoms with Crippen LogP contribution in [0.2, 0.25) is 5.02 Å². The molecule has 168 valence electrons. The summed E-state index contributed by atoms with van der Waals surface area (Å²) in [6, 6.07) is 15.9. The first-order chi connectivity index (χ1) is 15.4. The minimum Gasteiger partial charge on any atom is -0.492 e. The van der Waals surface area contributed by atoms with Gasteiger partial charge >= 0.3 is 0 Å². The summed E-state index contributed by atoms with van der Waals surface area (Å²) in [5.41, 5.74) is 1.68. The Labute approximate surface area is 192 Å². The van der Waals surface area contributed by atoms with Crippen molar-refractivity contribution in [2.45, 2.75) is 30.8 Å². The van der Waals surface area contributed by atoms with Gasteiger partial charge in [-0.1, -0.05) is 41.9 Å². The van der Waals surface area contributed by atoms with Gasteiger partial charge in [-0.3, -0.25) is 9.78 Å². The highest BCUT2D eigenvalue weighted by Crippen LogP contribution is 2.27. The third kappa shape index (κ3) is 6.53. The van der Waals surface area contributed by atoms with Gasteiger partial charge in [-0.2, -0.15) is 4.72 Å². The molecule has 1 amide bonds. The summed E-state index contributed by atoms with van der Waals surface area (Å²) in [5, 5.41) is 2.97. The molecule has 0 spiro atoms. The fraction of sp³-hybridized carbons (Fsp3) is 0.217. The van der Waals surface area contributed by atoms with Crippen LogP contribution in [0.5, 0.6) is 5.75 Å². The predicted octanol–water partition coefficient (Wildman–Crippen LogP) is 3.34. The lowest BCUT2D eigenvalue weighted by Crippen LogP contribution is -2.47. The van der Waals surface area contributed by atoms with Crippen molar-refractivity contribution in [2.75, 3.05) is 6.61 Å². The monoisotopic (exact) mass is 473 g/mol. The number of nitrogens with zero attached hydrogens (tertiary/aromatic N) is 1.